The van der Waals surface area contributed by atoms with Crippen LogP contribution in [0.1, 0.15) is 33.2 Å². The van der Waals surface area contributed by atoms with E-state index in [1.165, 1.54) is 18.7 Å². The van der Waals surface area contributed by atoms with Crippen molar-refractivity contribution in [3.05, 3.63) is 132 Å². The molecule has 0 spiro atoms. The summed E-state index contributed by atoms with van der Waals surface area (Å²) in [7, 11) is 0. The maximum absolute atomic E-state index is 13.1. The molecule has 40 heavy (non-hydrogen) atoms. The van der Waals surface area contributed by atoms with Crippen LogP contribution in [0, 0.1) is 0 Å². The lowest BCUT2D eigenvalue weighted by Gasteiger charge is -2.12. The summed E-state index contributed by atoms with van der Waals surface area (Å²) >= 11 is 1.35. The van der Waals surface area contributed by atoms with Crippen LogP contribution in [0.3, 0.4) is 0 Å². The predicted octanol–water partition coefficient (Wildman–Crippen LogP) is 6.03. The molecule has 0 aliphatic heterocycles. The molecule has 200 valence electrons. The summed E-state index contributed by atoms with van der Waals surface area (Å²) in [5, 5.41) is 8.35. The molecule has 0 fully saturated rings. The van der Waals surface area contributed by atoms with Gasteiger partial charge < -0.3 is 16.0 Å². The minimum atomic E-state index is -0.469. The molecule has 0 aliphatic rings. The van der Waals surface area contributed by atoms with E-state index in [0.29, 0.717) is 22.5 Å². The average molecular weight is 550 g/mol. The van der Waals surface area contributed by atoms with Gasteiger partial charge in [-0.15, -0.1) is 11.8 Å². The van der Waals surface area contributed by atoms with E-state index in [1.807, 2.05) is 36.4 Å². The molecule has 4 rings (SSSR count). The summed E-state index contributed by atoms with van der Waals surface area (Å²) < 4.78 is 0. The summed E-state index contributed by atoms with van der Waals surface area (Å²) in [5.74, 6) is -0.881. The number of benzene rings is 4. The maximum Gasteiger partial charge on any atom is 0.272 e. The quantitative estimate of drug-likeness (QED) is 0.127. The molecule has 0 bridgehead atoms. The van der Waals surface area contributed by atoms with Crippen LogP contribution in [0.4, 0.5) is 11.4 Å². The number of Topliss-reactive ketones (excluding diaryl/α,β-unsaturated/α-hetero) is 1. The highest BCUT2D eigenvalue weighted by Crippen LogP contribution is 2.21. The molecule has 7 nitrogen and oxygen atoms in total. The van der Waals surface area contributed by atoms with Gasteiger partial charge in [0.15, 0.2) is 5.78 Å². The third-order valence-corrected chi connectivity index (χ3v) is 6.71. The number of amides is 3. The minimum absolute atomic E-state index is 0.0338. The third kappa shape index (κ3) is 8.28. The molecule has 0 unspecified atom stereocenters. The van der Waals surface area contributed by atoms with Crippen molar-refractivity contribution in [1.82, 2.24) is 5.32 Å². The molecule has 0 aromatic heterocycles. The van der Waals surface area contributed by atoms with Gasteiger partial charge in [0, 0.05) is 27.4 Å². The molecule has 0 heterocycles. The normalized spacial score (nSPS) is 10.9. The predicted molar refractivity (Wildman–Crippen MR) is 159 cm³/mol. The van der Waals surface area contributed by atoms with Crippen molar-refractivity contribution in [2.24, 2.45) is 0 Å². The van der Waals surface area contributed by atoms with Crippen LogP contribution in [-0.2, 0) is 9.59 Å². The fraction of sp³-hybridized carbons (Fsp3) is 0.0625. The van der Waals surface area contributed by atoms with Gasteiger partial charge in [-0.05, 0) is 79.2 Å². The molecular weight excluding hydrogens is 522 g/mol. The Morgan fingerprint density at radius 3 is 1.88 bits per heavy atom. The van der Waals surface area contributed by atoms with Gasteiger partial charge in [-0.25, -0.2) is 0 Å². The second-order valence-corrected chi connectivity index (χ2v) is 9.79. The lowest BCUT2D eigenvalue weighted by molar-refractivity contribution is -0.114. The third-order valence-electron chi connectivity index (χ3n) is 5.70. The van der Waals surface area contributed by atoms with E-state index in [4.69, 9.17) is 0 Å². The van der Waals surface area contributed by atoms with Crippen molar-refractivity contribution in [1.29, 1.82) is 0 Å². The van der Waals surface area contributed by atoms with Crippen LogP contribution in [0.5, 0.6) is 0 Å². The van der Waals surface area contributed by atoms with Crippen LogP contribution in [0.15, 0.2) is 120 Å². The summed E-state index contributed by atoms with van der Waals surface area (Å²) in [5.41, 5.74) is 3.05. The number of hydrogen-bond donors (Lipinski definition) is 3. The zero-order valence-corrected chi connectivity index (χ0v) is 22.5. The van der Waals surface area contributed by atoms with Crippen molar-refractivity contribution in [2.45, 2.75) is 11.8 Å². The van der Waals surface area contributed by atoms with Crippen molar-refractivity contribution in [3.8, 4) is 0 Å². The van der Waals surface area contributed by atoms with E-state index in [-0.39, 0.29) is 23.1 Å². The molecule has 4 aromatic carbocycles. The van der Waals surface area contributed by atoms with E-state index >= 15 is 0 Å². The number of hydrogen-bond acceptors (Lipinski definition) is 5. The van der Waals surface area contributed by atoms with E-state index in [2.05, 4.69) is 16.0 Å². The Kier molecular flexibility index (Phi) is 9.63. The van der Waals surface area contributed by atoms with Crippen LogP contribution in [-0.4, -0.2) is 29.3 Å². The van der Waals surface area contributed by atoms with E-state index in [1.54, 1.807) is 78.9 Å². The number of rotatable bonds is 10. The van der Waals surface area contributed by atoms with E-state index in [0.717, 1.165) is 10.5 Å². The highest BCUT2D eigenvalue weighted by molar-refractivity contribution is 8.00. The molecule has 4 aromatic rings. The fourth-order valence-electron chi connectivity index (χ4n) is 3.63. The topological polar surface area (TPSA) is 104 Å². The van der Waals surface area contributed by atoms with E-state index < -0.39 is 11.8 Å². The summed E-state index contributed by atoms with van der Waals surface area (Å²) in [6, 6.07) is 31.7. The number of anilines is 2. The fourth-order valence-corrected chi connectivity index (χ4v) is 4.32. The van der Waals surface area contributed by atoms with Crippen LogP contribution >= 0.6 is 11.8 Å². The van der Waals surface area contributed by atoms with Crippen molar-refractivity contribution in [3.63, 3.8) is 0 Å². The molecule has 0 saturated heterocycles. The Labute approximate surface area is 236 Å². The largest absolute Gasteiger partial charge is 0.325 e. The van der Waals surface area contributed by atoms with Crippen LogP contribution in [0.25, 0.3) is 6.08 Å². The zero-order chi connectivity index (χ0) is 28.3. The van der Waals surface area contributed by atoms with Gasteiger partial charge in [-0.2, -0.15) is 0 Å². The average Bonchev–Trinajstić information content (AvgIpc) is 2.97. The first kappa shape index (κ1) is 28.1. The lowest BCUT2D eigenvalue weighted by atomic mass is 10.1. The minimum Gasteiger partial charge on any atom is -0.325 e. The summed E-state index contributed by atoms with van der Waals surface area (Å²) in [6.45, 7) is 1.49. The van der Waals surface area contributed by atoms with Gasteiger partial charge in [0.05, 0.1) is 5.75 Å². The van der Waals surface area contributed by atoms with Gasteiger partial charge in [0.2, 0.25) is 5.91 Å². The molecule has 0 aliphatic carbocycles. The second-order valence-electron chi connectivity index (χ2n) is 8.74. The smallest absolute Gasteiger partial charge is 0.272 e. The molecule has 0 radical (unpaired) electrons. The number of nitrogens with one attached hydrogen (secondary N) is 3. The van der Waals surface area contributed by atoms with Crippen molar-refractivity contribution in [2.75, 3.05) is 16.4 Å². The Balaban J connectivity index is 1.36. The van der Waals surface area contributed by atoms with Gasteiger partial charge in [0.1, 0.15) is 5.70 Å². The number of thioether (sulfide) groups is 1. The van der Waals surface area contributed by atoms with Gasteiger partial charge in [-0.3, -0.25) is 19.2 Å². The first-order valence-corrected chi connectivity index (χ1v) is 13.4. The molecule has 0 atom stereocenters. The van der Waals surface area contributed by atoms with Gasteiger partial charge >= 0.3 is 0 Å². The number of carbonyl (C=O) groups is 4. The molecular formula is C32H27N3O4S. The van der Waals surface area contributed by atoms with Crippen molar-refractivity contribution < 1.29 is 19.2 Å². The highest BCUT2D eigenvalue weighted by atomic mass is 32.2. The lowest BCUT2D eigenvalue weighted by Crippen LogP contribution is -2.30. The molecule has 3 amide bonds. The SMILES string of the molecule is CC(=O)c1ccc(NC(=O)CSc2ccc(NC(=O)/C(=C/c3ccccc3)NC(=O)c3ccccc3)cc2)cc1. The van der Waals surface area contributed by atoms with Crippen LogP contribution in [0.2, 0.25) is 0 Å². The van der Waals surface area contributed by atoms with Gasteiger partial charge in [-0.1, -0.05) is 48.5 Å². The number of ketones is 1. The van der Waals surface area contributed by atoms with Gasteiger partial charge in [0.25, 0.3) is 11.8 Å². The first-order chi connectivity index (χ1) is 19.4. The second kappa shape index (κ2) is 13.7. The maximum atomic E-state index is 13.1. The Morgan fingerprint density at radius 2 is 1.25 bits per heavy atom. The number of carbonyl (C=O) groups excluding carboxylic acids is 4. The monoisotopic (exact) mass is 549 g/mol. The summed E-state index contributed by atoms with van der Waals surface area (Å²) in [6.07, 6.45) is 1.62. The molecule has 0 saturated carbocycles. The highest BCUT2D eigenvalue weighted by Gasteiger charge is 2.15. The standard InChI is InChI=1S/C32H27N3O4S/c1-22(36)24-12-14-26(15-13-24)33-30(37)21-40-28-18-16-27(17-19-28)34-32(39)29(20-23-8-4-2-5-9-23)35-31(38)25-10-6-3-7-11-25/h2-20H,21H2,1H3,(H,33,37)(H,34,39)(H,35,38)/b29-20-. The molecule has 3 N–H and O–H groups in total. The van der Waals surface area contributed by atoms with Crippen molar-refractivity contribution >= 4 is 52.7 Å². The first-order valence-electron chi connectivity index (χ1n) is 12.5. The summed E-state index contributed by atoms with van der Waals surface area (Å²) in [4.78, 5) is 50.5. The van der Waals surface area contributed by atoms with Crippen LogP contribution < -0.4 is 16.0 Å². The molecule has 8 heteroatoms. The Hall–Kier alpha value is -4.95. The van der Waals surface area contributed by atoms with E-state index in [9.17, 15) is 19.2 Å². The Bertz CT molecular complexity index is 1520. The Morgan fingerprint density at radius 1 is 0.675 bits per heavy atom. The zero-order valence-electron chi connectivity index (χ0n) is 21.7.